The maximum absolute atomic E-state index is 13.2. The molecule has 158 valence electrons. The molecule has 0 bridgehead atoms. The maximum Gasteiger partial charge on any atom is 0.253 e. The van der Waals surface area contributed by atoms with E-state index in [-0.39, 0.29) is 29.2 Å². The van der Waals surface area contributed by atoms with Crippen molar-refractivity contribution >= 4 is 11.8 Å². The van der Waals surface area contributed by atoms with E-state index in [0.717, 1.165) is 17.7 Å². The highest BCUT2D eigenvalue weighted by Gasteiger charge is 2.44. The van der Waals surface area contributed by atoms with Crippen molar-refractivity contribution in [3.8, 4) is 5.75 Å². The summed E-state index contributed by atoms with van der Waals surface area (Å²) < 4.78 is 19.6. The SMILES string of the molecule is CN(C)C(=O)C[C@H]1CC2(CCN(C(=O)c3ccc(F)cc3)CC2)Oc2ccccc21. The maximum atomic E-state index is 13.2. The van der Waals surface area contributed by atoms with Crippen molar-refractivity contribution in [1.82, 2.24) is 9.80 Å². The zero-order valence-corrected chi connectivity index (χ0v) is 17.4. The molecule has 0 N–H and O–H groups in total. The van der Waals surface area contributed by atoms with Crippen LogP contribution in [0.1, 0.15) is 47.5 Å². The fraction of sp³-hybridized carbons (Fsp3) is 0.417. The van der Waals surface area contributed by atoms with Crippen LogP contribution in [0, 0.1) is 5.82 Å². The van der Waals surface area contributed by atoms with Crippen LogP contribution in [-0.2, 0) is 4.79 Å². The van der Waals surface area contributed by atoms with E-state index in [1.165, 1.54) is 24.3 Å². The number of para-hydroxylation sites is 1. The molecule has 1 saturated heterocycles. The largest absolute Gasteiger partial charge is 0.487 e. The van der Waals surface area contributed by atoms with E-state index in [2.05, 4.69) is 0 Å². The third-order valence-corrected chi connectivity index (χ3v) is 6.28. The summed E-state index contributed by atoms with van der Waals surface area (Å²) in [5.74, 6) is 0.621. The van der Waals surface area contributed by atoms with Crippen LogP contribution in [0.15, 0.2) is 48.5 Å². The lowest BCUT2D eigenvalue weighted by Crippen LogP contribution is -2.52. The van der Waals surface area contributed by atoms with E-state index in [0.29, 0.717) is 37.9 Å². The van der Waals surface area contributed by atoms with Gasteiger partial charge in [-0.1, -0.05) is 18.2 Å². The number of halogens is 1. The Morgan fingerprint density at radius 1 is 1.10 bits per heavy atom. The summed E-state index contributed by atoms with van der Waals surface area (Å²) in [5.41, 5.74) is 1.21. The number of hydrogen-bond donors (Lipinski definition) is 0. The smallest absolute Gasteiger partial charge is 0.253 e. The minimum atomic E-state index is -0.370. The molecule has 0 radical (unpaired) electrons. The van der Waals surface area contributed by atoms with E-state index in [9.17, 15) is 14.0 Å². The quantitative estimate of drug-likeness (QED) is 0.772. The fourth-order valence-corrected chi connectivity index (χ4v) is 4.52. The molecule has 2 aromatic carbocycles. The minimum Gasteiger partial charge on any atom is -0.487 e. The summed E-state index contributed by atoms with van der Waals surface area (Å²) in [4.78, 5) is 28.6. The Morgan fingerprint density at radius 2 is 1.77 bits per heavy atom. The first-order valence-electron chi connectivity index (χ1n) is 10.4. The molecule has 30 heavy (non-hydrogen) atoms. The second-order valence-electron chi connectivity index (χ2n) is 8.52. The highest BCUT2D eigenvalue weighted by atomic mass is 19.1. The first-order valence-corrected chi connectivity index (χ1v) is 10.4. The number of amides is 2. The van der Waals surface area contributed by atoms with Crippen molar-refractivity contribution in [2.75, 3.05) is 27.2 Å². The van der Waals surface area contributed by atoms with Crippen LogP contribution < -0.4 is 4.74 Å². The van der Waals surface area contributed by atoms with E-state index in [4.69, 9.17) is 4.74 Å². The summed E-state index contributed by atoms with van der Waals surface area (Å²) >= 11 is 0. The first-order chi connectivity index (χ1) is 14.4. The molecular formula is C24H27FN2O3. The van der Waals surface area contributed by atoms with Gasteiger partial charge in [-0.15, -0.1) is 0 Å². The predicted molar refractivity (Wildman–Crippen MR) is 112 cm³/mol. The number of benzene rings is 2. The van der Waals surface area contributed by atoms with E-state index < -0.39 is 0 Å². The lowest BCUT2D eigenvalue weighted by atomic mass is 9.76. The third kappa shape index (κ3) is 4.04. The van der Waals surface area contributed by atoms with Crippen LogP contribution in [0.25, 0.3) is 0 Å². The zero-order chi connectivity index (χ0) is 21.3. The number of nitrogens with zero attached hydrogens (tertiary/aromatic N) is 2. The highest BCUT2D eigenvalue weighted by Crippen LogP contribution is 2.46. The van der Waals surface area contributed by atoms with Gasteiger partial charge < -0.3 is 14.5 Å². The molecule has 2 aromatic rings. The Kier molecular flexibility index (Phi) is 5.50. The Labute approximate surface area is 176 Å². The second-order valence-corrected chi connectivity index (χ2v) is 8.52. The van der Waals surface area contributed by atoms with E-state index >= 15 is 0 Å². The highest BCUT2D eigenvalue weighted by molar-refractivity contribution is 5.94. The number of carbonyl (C=O) groups is 2. The predicted octanol–water partition coefficient (Wildman–Crippen LogP) is 3.85. The molecule has 0 unspecified atom stereocenters. The zero-order valence-electron chi connectivity index (χ0n) is 17.4. The Balaban J connectivity index is 1.49. The molecule has 2 aliphatic heterocycles. The van der Waals surface area contributed by atoms with E-state index in [1.54, 1.807) is 19.0 Å². The van der Waals surface area contributed by atoms with Gasteiger partial charge >= 0.3 is 0 Å². The van der Waals surface area contributed by atoms with Crippen molar-refractivity contribution in [2.45, 2.75) is 37.2 Å². The number of ether oxygens (including phenoxy) is 1. The van der Waals surface area contributed by atoms with Crippen LogP contribution in [0.3, 0.4) is 0 Å². The number of rotatable bonds is 3. The van der Waals surface area contributed by atoms with Crippen molar-refractivity contribution in [2.24, 2.45) is 0 Å². The first kappa shape index (κ1) is 20.4. The van der Waals surface area contributed by atoms with Gasteiger partial charge in [-0.2, -0.15) is 0 Å². The van der Waals surface area contributed by atoms with Crippen molar-refractivity contribution in [3.05, 3.63) is 65.5 Å². The molecule has 2 aliphatic rings. The summed E-state index contributed by atoms with van der Waals surface area (Å²) in [5, 5.41) is 0. The molecule has 5 nitrogen and oxygen atoms in total. The molecule has 0 saturated carbocycles. The van der Waals surface area contributed by atoms with Gasteiger partial charge in [-0.05, 0) is 42.3 Å². The molecule has 4 rings (SSSR count). The number of carbonyl (C=O) groups excluding carboxylic acids is 2. The topological polar surface area (TPSA) is 49.9 Å². The lowest BCUT2D eigenvalue weighted by molar-refractivity contribution is -0.129. The Bertz CT molecular complexity index is 934. The normalized spacial score (nSPS) is 19.7. The van der Waals surface area contributed by atoms with Crippen LogP contribution in [0.5, 0.6) is 5.75 Å². The average Bonchev–Trinajstić information content (AvgIpc) is 2.74. The molecule has 1 spiro atoms. The molecule has 0 aliphatic carbocycles. The van der Waals surface area contributed by atoms with Gasteiger partial charge in [0, 0.05) is 57.9 Å². The minimum absolute atomic E-state index is 0.0830. The lowest BCUT2D eigenvalue weighted by Gasteiger charge is -2.47. The fourth-order valence-electron chi connectivity index (χ4n) is 4.52. The van der Waals surface area contributed by atoms with Gasteiger partial charge in [0.05, 0.1) is 0 Å². The number of likely N-dealkylation sites (tertiary alicyclic amines) is 1. The molecule has 0 aromatic heterocycles. The van der Waals surface area contributed by atoms with E-state index in [1.807, 2.05) is 29.2 Å². The van der Waals surface area contributed by atoms with Gasteiger partial charge in [-0.3, -0.25) is 9.59 Å². The third-order valence-electron chi connectivity index (χ3n) is 6.28. The standard InChI is InChI=1S/C24H27FN2O3/c1-26(2)22(28)15-18-16-24(30-21-6-4-3-5-20(18)21)11-13-27(14-12-24)23(29)17-7-9-19(25)10-8-17/h3-10,18H,11-16H2,1-2H3/t18-/m0/s1. The number of piperidine rings is 1. The van der Waals surface area contributed by atoms with Gasteiger partial charge in [0.1, 0.15) is 17.2 Å². The van der Waals surface area contributed by atoms with Crippen molar-refractivity contribution < 1.29 is 18.7 Å². The molecular weight excluding hydrogens is 383 g/mol. The molecule has 1 atom stereocenters. The Hall–Kier alpha value is -2.89. The summed E-state index contributed by atoms with van der Waals surface area (Å²) in [6, 6.07) is 13.6. The molecule has 6 heteroatoms. The van der Waals surface area contributed by atoms with Crippen LogP contribution in [-0.4, -0.2) is 54.4 Å². The summed E-state index contributed by atoms with van der Waals surface area (Å²) in [6.45, 7) is 1.15. The number of hydrogen-bond acceptors (Lipinski definition) is 3. The van der Waals surface area contributed by atoms with Gasteiger partial charge in [0.25, 0.3) is 5.91 Å². The van der Waals surface area contributed by atoms with Crippen molar-refractivity contribution in [1.29, 1.82) is 0 Å². The van der Waals surface area contributed by atoms with Crippen LogP contribution in [0.4, 0.5) is 4.39 Å². The van der Waals surface area contributed by atoms with Crippen LogP contribution in [0.2, 0.25) is 0 Å². The van der Waals surface area contributed by atoms with Gasteiger partial charge in [0.15, 0.2) is 0 Å². The van der Waals surface area contributed by atoms with Crippen LogP contribution >= 0.6 is 0 Å². The Morgan fingerprint density at radius 3 is 2.43 bits per heavy atom. The summed E-state index contributed by atoms with van der Waals surface area (Å²) in [6.07, 6.45) is 2.64. The second kappa shape index (κ2) is 8.09. The summed E-state index contributed by atoms with van der Waals surface area (Å²) in [7, 11) is 3.56. The molecule has 2 heterocycles. The van der Waals surface area contributed by atoms with Gasteiger partial charge in [-0.25, -0.2) is 4.39 Å². The molecule has 1 fully saturated rings. The van der Waals surface area contributed by atoms with Gasteiger partial charge in [0.2, 0.25) is 5.91 Å². The average molecular weight is 410 g/mol. The molecule has 2 amide bonds. The monoisotopic (exact) mass is 410 g/mol. The van der Waals surface area contributed by atoms with Crippen molar-refractivity contribution in [3.63, 3.8) is 0 Å². The number of fused-ring (bicyclic) bond motifs is 1.